The predicted molar refractivity (Wildman–Crippen MR) is 98.1 cm³/mol. The Morgan fingerprint density at radius 3 is 2.76 bits per heavy atom. The summed E-state index contributed by atoms with van der Waals surface area (Å²) >= 11 is 0. The molecule has 4 rings (SSSR count). The third-order valence-electron chi connectivity index (χ3n) is 5.48. The molecule has 2 aromatic rings. The van der Waals surface area contributed by atoms with Gasteiger partial charge in [0.1, 0.15) is 6.10 Å². The lowest BCUT2D eigenvalue weighted by Crippen LogP contribution is -2.34. The van der Waals surface area contributed by atoms with E-state index in [2.05, 4.69) is 54.9 Å². The predicted octanol–water partition coefficient (Wildman–Crippen LogP) is 3.66. The highest BCUT2D eigenvalue weighted by Crippen LogP contribution is 2.46. The van der Waals surface area contributed by atoms with Crippen molar-refractivity contribution < 1.29 is 14.7 Å². The fourth-order valence-electron chi connectivity index (χ4n) is 4.35. The monoisotopic (exact) mass is 339 g/mol. The lowest BCUT2D eigenvalue weighted by molar-refractivity contribution is 0.000913. The van der Waals surface area contributed by atoms with Crippen molar-refractivity contribution in [1.82, 2.24) is 5.48 Å². The third-order valence-corrected chi connectivity index (χ3v) is 5.48. The number of aliphatic hydroxyl groups is 1. The average molecular weight is 339 g/mol. The van der Waals surface area contributed by atoms with E-state index in [4.69, 9.17) is 9.57 Å². The number of benzene rings is 2. The van der Waals surface area contributed by atoms with Crippen LogP contribution in [0, 0.1) is 0 Å². The number of hydroxylamine groups is 1. The third kappa shape index (κ3) is 2.95. The van der Waals surface area contributed by atoms with E-state index in [-0.39, 0.29) is 18.1 Å². The molecular weight excluding hydrogens is 314 g/mol. The van der Waals surface area contributed by atoms with E-state index in [9.17, 15) is 5.11 Å². The summed E-state index contributed by atoms with van der Waals surface area (Å²) in [5, 5.41) is 13.0. The maximum Gasteiger partial charge on any atom is 0.107 e. The van der Waals surface area contributed by atoms with Gasteiger partial charge in [-0.1, -0.05) is 49.4 Å². The lowest BCUT2D eigenvalue weighted by atomic mass is 9.81. The van der Waals surface area contributed by atoms with Gasteiger partial charge >= 0.3 is 0 Å². The zero-order chi connectivity index (χ0) is 17.4. The normalized spacial score (nSPS) is 30.5. The van der Waals surface area contributed by atoms with E-state index >= 15 is 0 Å². The molecule has 2 heterocycles. The molecule has 2 N–H and O–H groups in total. The van der Waals surface area contributed by atoms with E-state index in [0.29, 0.717) is 6.42 Å². The fourth-order valence-corrected chi connectivity index (χ4v) is 4.35. The minimum atomic E-state index is -0.439. The van der Waals surface area contributed by atoms with Gasteiger partial charge in [0.05, 0.1) is 19.3 Å². The summed E-state index contributed by atoms with van der Waals surface area (Å²) < 4.78 is 6.09. The van der Waals surface area contributed by atoms with Crippen LogP contribution in [0.25, 0.3) is 10.8 Å². The summed E-state index contributed by atoms with van der Waals surface area (Å²) in [6.45, 7) is 2.10. The topological polar surface area (TPSA) is 50.7 Å². The highest BCUT2D eigenvalue weighted by molar-refractivity contribution is 5.83. The summed E-state index contributed by atoms with van der Waals surface area (Å²) in [6.07, 6.45) is 1.86. The SMILES string of the molecule is CCC(NOC)=C1[C@H]2OC(CC2O)C[C@@H]1c1ccc2ccccc2c1. The van der Waals surface area contributed by atoms with E-state index in [0.717, 1.165) is 24.1 Å². The number of fused-ring (bicyclic) bond motifs is 3. The van der Waals surface area contributed by atoms with Gasteiger partial charge in [-0.25, -0.2) is 0 Å². The molecule has 2 aliphatic rings. The highest BCUT2D eigenvalue weighted by Gasteiger charge is 2.46. The van der Waals surface area contributed by atoms with Crippen LogP contribution in [0.1, 0.15) is 37.7 Å². The molecule has 25 heavy (non-hydrogen) atoms. The molecule has 2 saturated heterocycles. The Morgan fingerprint density at radius 1 is 1.20 bits per heavy atom. The zero-order valence-electron chi connectivity index (χ0n) is 14.7. The van der Waals surface area contributed by atoms with Crippen molar-refractivity contribution in [2.45, 2.75) is 50.4 Å². The Hall–Kier alpha value is -1.88. The van der Waals surface area contributed by atoms with Gasteiger partial charge in [-0.05, 0) is 34.8 Å². The van der Waals surface area contributed by atoms with Gasteiger partial charge in [0, 0.05) is 18.0 Å². The Labute approximate surface area is 148 Å². The number of nitrogens with one attached hydrogen (secondary N) is 1. The molecule has 0 aliphatic carbocycles. The number of allylic oxidation sites excluding steroid dienone is 1. The number of hydrogen-bond acceptors (Lipinski definition) is 4. The van der Waals surface area contributed by atoms with Crippen molar-refractivity contribution in [1.29, 1.82) is 0 Å². The molecule has 4 heteroatoms. The molecule has 2 aliphatic heterocycles. The smallest absolute Gasteiger partial charge is 0.107 e. The van der Waals surface area contributed by atoms with Gasteiger partial charge in [-0.3, -0.25) is 10.3 Å². The first-order valence-corrected chi connectivity index (χ1v) is 9.05. The quantitative estimate of drug-likeness (QED) is 0.835. The molecule has 2 aromatic carbocycles. The van der Waals surface area contributed by atoms with Crippen molar-refractivity contribution in [2.75, 3.05) is 7.11 Å². The van der Waals surface area contributed by atoms with Crippen LogP contribution in [0.5, 0.6) is 0 Å². The summed E-state index contributed by atoms with van der Waals surface area (Å²) in [6, 6.07) is 15.1. The molecule has 2 fully saturated rings. The van der Waals surface area contributed by atoms with Crippen molar-refractivity contribution in [3.05, 3.63) is 59.3 Å². The second-order valence-electron chi connectivity index (χ2n) is 6.97. The molecule has 132 valence electrons. The summed E-state index contributed by atoms with van der Waals surface area (Å²) in [5.41, 5.74) is 6.47. The van der Waals surface area contributed by atoms with Crippen LogP contribution in [0.15, 0.2) is 53.7 Å². The number of aliphatic hydroxyl groups excluding tert-OH is 1. The molecule has 4 nitrogen and oxygen atoms in total. The molecule has 0 aromatic heterocycles. The molecule has 4 atom stereocenters. The Balaban J connectivity index is 1.81. The van der Waals surface area contributed by atoms with Gasteiger partial charge in [0.2, 0.25) is 0 Å². The molecule has 0 spiro atoms. The highest BCUT2D eigenvalue weighted by atomic mass is 16.6. The van der Waals surface area contributed by atoms with E-state index in [1.54, 1.807) is 7.11 Å². The van der Waals surface area contributed by atoms with Crippen LogP contribution in [-0.2, 0) is 9.57 Å². The van der Waals surface area contributed by atoms with Crippen molar-refractivity contribution in [3.63, 3.8) is 0 Å². The minimum absolute atomic E-state index is 0.126. The van der Waals surface area contributed by atoms with Crippen LogP contribution >= 0.6 is 0 Å². The van der Waals surface area contributed by atoms with Gasteiger partial charge in [0.25, 0.3) is 0 Å². The maximum absolute atomic E-state index is 10.5. The first-order valence-electron chi connectivity index (χ1n) is 9.05. The number of rotatable bonds is 4. The van der Waals surface area contributed by atoms with Gasteiger partial charge in [0.15, 0.2) is 0 Å². The minimum Gasteiger partial charge on any atom is -0.390 e. The number of hydrogen-bond donors (Lipinski definition) is 2. The zero-order valence-corrected chi connectivity index (χ0v) is 14.7. The number of ether oxygens (including phenoxy) is 1. The van der Waals surface area contributed by atoms with Crippen LogP contribution in [0.3, 0.4) is 0 Å². The standard InChI is InChI=1S/C21H25NO3/c1-3-18(22-24-2)20-17(11-16-12-19(23)21(20)25-16)15-9-8-13-6-4-5-7-14(13)10-15/h4-10,16-17,19,21-23H,3,11-12H2,1-2H3/t16?,17-,19?,21+/m1/s1. The van der Waals surface area contributed by atoms with E-state index in [1.165, 1.54) is 16.3 Å². The van der Waals surface area contributed by atoms with Gasteiger partial charge < -0.3 is 9.84 Å². The maximum atomic E-state index is 10.5. The Kier molecular flexibility index (Phi) is 4.50. The molecule has 0 amide bonds. The molecule has 2 unspecified atom stereocenters. The van der Waals surface area contributed by atoms with Crippen molar-refractivity contribution in [2.24, 2.45) is 0 Å². The van der Waals surface area contributed by atoms with Crippen LogP contribution in [0.4, 0.5) is 0 Å². The lowest BCUT2D eigenvalue weighted by Gasteiger charge is -2.34. The van der Waals surface area contributed by atoms with Gasteiger partial charge in [-0.15, -0.1) is 0 Å². The molecule has 0 saturated carbocycles. The Morgan fingerprint density at radius 2 is 2.00 bits per heavy atom. The second kappa shape index (κ2) is 6.79. The second-order valence-corrected chi connectivity index (χ2v) is 6.97. The molecule has 2 bridgehead atoms. The van der Waals surface area contributed by atoms with Crippen molar-refractivity contribution in [3.8, 4) is 0 Å². The van der Waals surface area contributed by atoms with Crippen LogP contribution in [-0.4, -0.2) is 30.5 Å². The van der Waals surface area contributed by atoms with E-state index in [1.807, 2.05) is 0 Å². The van der Waals surface area contributed by atoms with Gasteiger partial charge in [-0.2, -0.15) is 0 Å². The molecular formula is C21H25NO3. The van der Waals surface area contributed by atoms with E-state index < -0.39 is 6.10 Å². The summed E-state index contributed by atoms with van der Waals surface area (Å²) in [4.78, 5) is 5.20. The first-order chi connectivity index (χ1) is 12.2. The average Bonchev–Trinajstić information content (AvgIpc) is 2.94. The van der Waals surface area contributed by atoms with Crippen LogP contribution in [0.2, 0.25) is 0 Å². The largest absolute Gasteiger partial charge is 0.390 e. The molecule has 0 radical (unpaired) electrons. The summed E-state index contributed by atoms with van der Waals surface area (Å²) in [7, 11) is 1.62. The fraction of sp³-hybridized carbons (Fsp3) is 0.429. The Bertz CT molecular complexity index is 801. The summed E-state index contributed by atoms with van der Waals surface area (Å²) in [5.74, 6) is 0.239. The van der Waals surface area contributed by atoms with Crippen LogP contribution < -0.4 is 5.48 Å². The first kappa shape index (κ1) is 16.6. The van der Waals surface area contributed by atoms with Crippen molar-refractivity contribution >= 4 is 10.8 Å².